The van der Waals surface area contributed by atoms with Gasteiger partial charge < -0.3 is 11.1 Å². The van der Waals surface area contributed by atoms with Gasteiger partial charge in [-0.05, 0) is 42.7 Å². The number of benzene rings is 1. The van der Waals surface area contributed by atoms with Crippen molar-refractivity contribution in [3.8, 4) is 0 Å². The van der Waals surface area contributed by atoms with E-state index in [0.717, 1.165) is 24.1 Å². The van der Waals surface area contributed by atoms with E-state index < -0.39 is 0 Å². The number of carbonyl (C=O) groups excluding carboxylic acids is 1. The molecule has 0 saturated heterocycles. The van der Waals surface area contributed by atoms with Crippen molar-refractivity contribution in [2.24, 2.45) is 0 Å². The Bertz CT molecular complexity index is 560. The van der Waals surface area contributed by atoms with E-state index in [-0.39, 0.29) is 5.91 Å². The summed E-state index contributed by atoms with van der Waals surface area (Å²) in [6.45, 7) is 2.77. The molecule has 0 unspecified atom stereocenters. The zero-order chi connectivity index (χ0) is 14.4. The van der Waals surface area contributed by atoms with Crippen molar-refractivity contribution >= 4 is 22.9 Å². The Morgan fingerprint density at radius 2 is 1.85 bits per heavy atom. The van der Waals surface area contributed by atoms with E-state index in [9.17, 15) is 4.79 Å². The summed E-state index contributed by atoms with van der Waals surface area (Å²) in [6.07, 6.45) is 2.31. The number of nitrogens with two attached hydrogens (primary N) is 1. The molecule has 1 aromatic carbocycles. The molecule has 0 atom stereocenters. The third-order valence-electron chi connectivity index (χ3n) is 3.15. The SMILES string of the molecule is CCc1ccc(CNC(=O)CCc2ccc(N)cc2)s1. The van der Waals surface area contributed by atoms with Crippen LogP contribution in [0.5, 0.6) is 0 Å². The summed E-state index contributed by atoms with van der Waals surface area (Å²) < 4.78 is 0. The van der Waals surface area contributed by atoms with Crippen LogP contribution in [0.15, 0.2) is 36.4 Å². The predicted molar refractivity (Wildman–Crippen MR) is 84.7 cm³/mol. The Labute approximate surface area is 123 Å². The molecule has 1 heterocycles. The maximum Gasteiger partial charge on any atom is 0.220 e. The topological polar surface area (TPSA) is 55.1 Å². The maximum absolute atomic E-state index is 11.8. The van der Waals surface area contributed by atoms with Crippen molar-refractivity contribution in [1.29, 1.82) is 0 Å². The molecule has 2 aromatic rings. The summed E-state index contributed by atoms with van der Waals surface area (Å²) in [6, 6.07) is 11.9. The molecule has 106 valence electrons. The molecule has 3 N–H and O–H groups in total. The lowest BCUT2D eigenvalue weighted by atomic mass is 10.1. The molecule has 0 spiro atoms. The number of aryl methyl sites for hydroxylation is 2. The number of anilines is 1. The Morgan fingerprint density at radius 1 is 1.15 bits per heavy atom. The lowest BCUT2D eigenvalue weighted by Gasteiger charge is -2.04. The van der Waals surface area contributed by atoms with Crippen LogP contribution in [-0.4, -0.2) is 5.91 Å². The minimum atomic E-state index is 0.0910. The number of thiophene rings is 1. The first-order chi connectivity index (χ1) is 9.67. The first kappa shape index (κ1) is 14.6. The second kappa shape index (κ2) is 7.10. The van der Waals surface area contributed by atoms with E-state index >= 15 is 0 Å². The van der Waals surface area contributed by atoms with E-state index in [1.165, 1.54) is 9.75 Å². The number of hydrogen-bond donors (Lipinski definition) is 2. The molecule has 0 radical (unpaired) electrons. The highest BCUT2D eigenvalue weighted by Crippen LogP contribution is 2.16. The monoisotopic (exact) mass is 288 g/mol. The molecule has 0 aliphatic heterocycles. The van der Waals surface area contributed by atoms with Crippen molar-refractivity contribution in [1.82, 2.24) is 5.32 Å². The zero-order valence-electron chi connectivity index (χ0n) is 11.7. The highest BCUT2D eigenvalue weighted by molar-refractivity contribution is 7.11. The number of nitrogen functional groups attached to an aromatic ring is 1. The second-order valence-electron chi connectivity index (χ2n) is 4.74. The minimum Gasteiger partial charge on any atom is -0.399 e. The normalized spacial score (nSPS) is 10.4. The third-order valence-corrected chi connectivity index (χ3v) is 4.38. The van der Waals surface area contributed by atoms with E-state index in [4.69, 9.17) is 5.73 Å². The van der Waals surface area contributed by atoms with Gasteiger partial charge in [0, 0.05) is 21.9 Å². The van der Waals surface area contributed by atoms with Crippen LogP contribution in [0.2, 0.25) is 0 Å². The molecule has 1 amide bonds. The highest BCUT2D eigenvalue weighted by Gasteiger charge is 2.04. The fraction of sp³-hybridized carbons (Fsp3) is 0.312. The van der Waals surface area contributed by atoms with Crippen LogP contribution in [-0.2, 0) is 24.2 Å². The van der Waals surface area contributed by atoms with Crippen molar-refractivity contribution in [3.05, 3.63) is 51.7 Å². The van der Waals surface area contributed by atoms with Gasteiger partial charge in [0.1, 0.15) is 0 Å². The lowest BCUT2D eigenvalue weighted by Crippen LogP contribution is -2.22. The van der Waals surface area contributed by atoms with Crippen molar-refractivity contribution in [2.75, 3.05) is 5.73 Å². The number of rotatable bonds is 6. The van der Waals surface area contributed by atoms with E-state index in [1.54, 1.807) is 11.3 Å². The summed E-state index contributed by atoms with van der Waals surface area (Å²) in [4.78, 5) is 14.4. The molecule has 3 nitrogen and oxygen atoms in total. The molecular weight excluding hydrogens is 268 g/mol. The van der Waals surface area contributed by atoms with Crippen LogP contribution in [0.3, 0.4) is 0 Å². The number of hydrogen-bond acceptors (Lipinski definition) is 3. The molecule has 0 saturated carbocycles. The number of amides is 1. The van der Waals surface area contributed by atoms with E-state index in [0.29, 0.717) is 13.0 Å². The Balaban J connectivity index is 1.74. The van der Waals surface area contributed by atoms with Gasteiger partial charge in [-0.1, -0.05) is 19.1 Å². The maximum atomic E-state index is 11.8. The average molecular weight is 288 g/mol. The van der Waals surface area contributed by atoms with E-state index in [2.05, 4.69) is 24.4 Å². The lowest BCUT2D eigenvalue weighted by molar-refractivity contribution is -0.121. The van der Waals surface area contributed by atoms with Crippen LogP contribution >= 0.6 is 11.3 Å². The molecular formula is C16H20N2OS. The van der Waals surface area contributed by atoms with Crippen LogP contribution in [0, 0.1) is 0 Å². The quantitative estimate of drug-likeness (QED) is 0.802. The van der Waals surface area contributed by atoms with Gasteiger partial charge >= 0.3 is 0 Å². The zero-order valence-corrected chi connectivity index (χ0v) is 12.5. The molecule has 0 bridgehead atoms. The fourth-order valence-corrected chi connectivity index (χ4v) is 2.82. The molecule has 2 rings (SSSR count). The summed E-state index contributed by atoms with van der Waals surface area (Å²) in [7, 11) is 0. The predicted octanol–water partition coefficient (Wildman–Crippen LogP) is 3.14. The van der Waals surface area contributed by atoms with Crippen molar-refractivity contribution < 1.29 is 4.79 Å². The highest BCUT2D eigenvalue weighted by atomic mass is 32.1. The smallest absolute Gasteiger partial charge is 0.220 e. The molecule has 4 heteroatoms. The number of nitrogens with one attached hydrogen (secondary N) is 1. The summed E-state index contributed by atoms with van der Waals surface area (Å²) in [5.74, 6) is 0.0910. The van der Waals surface area contributed by atoms with Gasteiger partial charge in [0.15, 0.2) is 0 Å². The minimum absolute atomic E-state index is 0.0910. The first-order valence-corrected chi connectivity index (χ1v) is 7.67. The summed E-state index contributed by atoms with van der Waals surface area (Å²) in [5.41, 5.74) is 7.52. The van der Waals surface area contributed by atoms with Gasteiger partial charge in [-0.3, -0.25) is 4.79 Å². The fourth-order valence-electron chi connectivity index (χ4n) is 1.92. The van der Waals surface area contributed by atoms with Gasteiger partial charge in [0.2, 0.25) is 5.91 Å². The van der Waals surface area contributed by atoms with Gasteiger partial charge in [0.25, 0.3) is 0 Å². The van der Waals surface area contributed by atoms with Crippen LogP contribution in [0.4, 0.5) is 5.69 Å². The molecule has 0 aliphatic carbocycles. The summed E-state index contributed by atoms with van der Waals surface area (Å²) >= 11 is 1.76. The standard InChI is InChI=1S/C16H20N2OS/c1-2-14-8-9-15(20-14)11-18-16(19)10-5-12-3-6-13(17)7-4-12/h3-4,6-9H,2,5,10-11,17H2,1H3,(H,18,19). The van der Waals surface area contributed by atoms with Crippen LogP contribution < -0.4 is 11.1 Å². The average Bonchev–Trinajstić information content (AvgIpc) is 2.92. The number of carbonyl (C=O) groups is 1. The van der Waals surface area contributed by atoms with Gasteiger partial charge in [-0.25, -0.2) is 0 Å². The third kappa shape index (κ3) is 4.38. The Hall–Kier alpha value is -1.81. The second-order valence-corrected chi connectivity index (χ2v) is 5.99. The van der Waals surface area contributed by atoms with Gasteiger partial charge in [-0.2, -0.15) is 0 Å². The largest absolute Gasteiger partial charge is 0.399 e. The Kier molecular flexibility index (Phi) is 5.18. The molecule has 0 fully saturated rings. The Morgan fingerprint density at radius 3 is 2.50 bits per heavy atom. The molecule has 1 aromatic heterocycles. The summed E-state index contributed by atoms with van der Waals surface area (Å²) in [5, 5.41) is 2.96. The molecule has 20 heavy (non-hydrogen) atoms. The van der Waals surface area contributed by atoms with Crippen LogP contribution in [0.1, 0.15) is 28.7 Å². The first-order valence-electron chi connectivity index (χ1n) is 6.86. The molecule has 0 aliphatic rings. The van der Waals surface area contributed by atoms with E-state index in [1.807, 2.05) is 24.3 Å². The van der Waals surface area contributed by atoms with Gasteiger partial charge in [-0.15, -0.1) is 11.3 Å². The van der Waals surface area contributed by atoms with Crippen molar-refractivity contribution in [2.45, 2.75) is 32.7 Å². The van der Waals surface area contributed by atoms with Crippen LogP contribution in [0.25, 0.3) is 0 Å². The van der Waals surface area contributed by atoms with Crippen molar-refractivity contribution in [3.63, 3.8) is 0 Å². The van der Waals surface area contributed by atoms with Gasteiger partial charge in [0.05, 0.1) is 6.54 Å².